The molecule has 1 aliphatic rings. The monoisotopic (exact) mass is 251 g/mol. The maximum Gasteiger partial charge on any atom is 0.161 e. The van der Waals surface area contributed by atoms with Crippen molar-refractivity contribution in [1.29, 1.82) is 0 Å². The molecule has 0 saturated heterocycles. The number of nitrogens with two attached hydrogens (primary N) is 1. The lowest BCUT2D eigenvalue weighted by molar-refractivity contribution is 0.114. The molecular weight excluding hydrogens is 230 g/mol. The fourth-order valence-electron chi connectivity index (χ4n) is 2.01. The third-order valence-electron chi connectivity index (χ3n) is 3.33. The van der Waals surface area contributed by atoms with Crippen LogP contribution in [0.25, 0.3) is 0 Å². The van der Waals surface area contributed by atoms with E-state index < -0.39 is 5.54 Å². The third-order valence-corrected chi connectivity index (χ3v) is 3.33. The number of aliphatic hydroxyl groups is 1. The molecule has 0 radical (unpaired) electrons. The number of para-hydroxylation sites is 2. The SMILES string of the molecule is CCOc1ccccc1OCC(N)(CO)C1CC1. The summed E-state index contributed by atoms with van der Waals surface area (Å²) in [6, 6.07) is 7.52. The lowest BCUT2D eigenvalue weighted by Gasteiger charge is -2.27. The molecule has 0 aromatic heterocycles. The van der Waals surface area contributed by atoms with E-state index in [2.05, 4.69) is 0 Å². The molecule has 4 nitrogen and oxygen atoms in total. The van der Waals surface area contributed by atoms with Gasteiger partial charge in [0.2, 0.25) is 0 Å². The largest absolute Gasteiger partial charge is 0.490 e. The van der Waals surface area contributed by atoms with Gasteiger partial charge in [-0.3, -0.25) is 0 Å². The summed E-state index contributed by atoms with van der Waals surface area (Å²) in [7, 11) is 0. The second-order valence-corrected chi connectivity index (χ2v) is 4.83. The number of hydrogen-bond acceptors (Lipinski definition) is 4. The van der Waals surface area contributed by atoms with Crippen LogP contribution in [0.3, 0.4) is 0 Å². The predicted molar refractivity (Wildman–Crippen MR) is 69.8 cm³/mol. The van der Waals surface area contributed by atoms with Crippen LogP contribution in [0.4, 0.5) is 0 Å². The van der Waals surface area contributed by atoms with Gasteiger partial charge in [0.25, 0.3) is 0 Å². The minimum absolute atomic E-state index is 0.0472. The molecule has 1 aromatic rings. The Bertz CT molecular complexity index is 392. The summed E-state index contributed by atoms with van der Waals surface area (Å²) < 4.78 is 11.2. The lowest BCUT2D eigenvalue weighted by Crippen LogP contribution is -2.51. The molecule has 18 heavy (non-hydrogen) atoms. The van der Waals surface area contributed by atoms with Gasteiger partial charge in [0.1, 0.15) is 6.61 Å². The van der Waals surface area contributed by atoms with Crippen molar-refractivity contribution in [3.63, 3.8) is 0 Å². The van der Waals surface area contributed by atoms with Gasteiger partial charge in [0.15, 0.2) is 11.5 Å². The van der Waals surface area contributed by atoms with E-state index in [0.29, 0.717) is 24.9 Å². The normalized spacial score (nSPS) is 18.2. The van der Waals surface area contributed by atoms with Crippen molar-refractivity contribution in [2.75, 3.05) is 19.8 Å². The number of rotatable bonds is 7. The van der Waals surface area contributed by atoms with Crippen LogP contribution in [0.15, 0.2) is 24.3 Å². The van der Waals surface area contributed by atoms with Gasteiger partial charge in [-0.25, -0.2) is 0 Å². The van der Waals surface area contributed by atoms with Gasteiger partial charge in [-0.15, -0.1) is 0 Å². The maximum absolute atomic E-state index is 9.41. The Kier molecular flexibility index (Phi) is 4.09. The van der Waals surface area contributed by atoms with Gasteiger partial charge in [0.05, 0.1) is 18.8 Å². The van der Waals surface area contributed by atoms with Crippen LogP contribution in [-0.2, 0) is 0 Å². The highest BCUT2D eigenvalue weighted by molar-refractivity contribution is 5.39. The fourth-order valence-corrected chi connectivity index (χ4v) is 2.01. The van der Waals surface area contributed by atoms with Crippen molar-refractivity contribution < 1.29 is 14.6 Å². The Morgan fingerprint density at radius 2 is 1.89 bits per heavy atom. The summed E-state index contributed by atoms with van der Waals surface area (Å²) >= 11 is 0. The topological polar surface area (TPSA) is 64.7 Å². The highest BCUT2D eigenvalue weighted by atomic mass is 16.5. The van der Waals surface area contributed by atoms with Crippen LogP contribution < -0.4 is 15.2 Å². The average molecular weight is 251 g/mol. The summed E-state index contributed by atoms with van der Waals surface area (Å²) in [5, 5.41) is 9.41. The van der Waals surface area contributed by atoms with Crippen molar-refractivity contribution in [2.45, 2.75) is 25.3 Å². The highest BCUT2D eigenvalue weighted by Crippen LogP contribution is 2.39. The number of aliphatic hydroxyl groups excluding tert-OH is 1. The first-order chi connectivity index (χ1) is 8.69. The molecular formula is C14H21NO3. The van der Waals surface area contributed by atoms with E-state index in [4.69, 9.17) is 15.2 Å². The third kappa shape index (κ3) is 2.94. The van der Waals surface area contributed by atoms with E-state index in [1.165, 1.54) is 0 Å². The summed E-state index contributed by atoms with van der Waals surface area (Å²) in [5.41, 5.74) is 5.53. The Hall–Kier alpha value is -1.26. The van der Waals surface area contributed by atoms with Crippen molar-refractivity contribution in [2.24, 2.45) is 11.7 Å². The zero-order chi connectivity index (χ0) is 13.0. The van der Waals surface area contributed by atoms with Crippen LogP contribution in [0.2, 0.25) is 0 Å². The van der Waals surface area contributed by atoms with E-state index >= 15 is 0 Å². The first kappa shape index (κ1) is 13.2. The Morgan fingerprint density at radius 3 is 2.39 bits per heavy atom. The zero-order valence-electron chi connectivity index (χ0n) is 10.8. The van der Waals surface area contributed by atoms with Gasteiger partial charge in [-0.2, -0.15) is 0 Å². The van der Waals surface area contributed by atoms with E-state index in [1.54, 1.807) is 0 Å². The molecule has 0 heterocycles. The van der Waals surface area contributed by atoms with Gasteiger partial charge in [0, 0.05) is 0 Å². The molecule has 3 N–H and O–H groups in total. The molecule has 1 fully saturated rings. The molecule has 1 aromatic carbocycles. The van der Waals surface area contributed by atoms with Gasteiger partial charge in [-0.1, -0.05) is 12.1 Å². The molecule has 0 amide bonds. The Balaban J connectivity index is 2.00. The van der Waals surface area contributed by atoms with Crippen LogP contribution in [0.1, 0.15) is 19.8 Å². The van der Waals surface area contributed by atoms with E-state index in [9.17, 15) is 5.11 Å². The summed E-state index contributed by atoms with van der Waals surface area (Å²) in [6.45, 7) is 2.80. The minimum atomic E-state index is -0.626. The first-order valence-electron chi connectivity index (χ1n) is 6.44. The highest BCUT2D eigenvalue weighted by Gasteiger charge is 2.42. The molecule has 4 heteroatoms. The second kappa shape index (κ2) is 5.59. The molecule has 1 atom stereocenters. The molecule has 0 spiro atoms. The number of hydrogen-bond donors (Lipinski definition) is 2. The second-order valence-electron chi connectivity index (χ2n) is 4.83. The van der Waals surface area contributed by atoms with E-state index in [-0.39, 0.29) is 6.61 Å². The maximum atomic E-state index is 9.41. The van der Waals surface area contributed by atoms with Crippen LogP contribution in [0.5, 0.6) is 11.5 Å². The summed E-state index contributed by atoms with van der Waals surface area (Å²) in [5.74, 6) is 1.78. The molecule has 0 aliphatic heterocycles. The predicted octanol–water partition coefficient (Wildman–Crippen LogP) is 1.56. The lowest BCUT2D eigenvalue weighted by atomic mass is 9.97. The van der Waals surface area contributed by atoms with E-state index in [1.807, 2.05) is 31.2 Å². The molecule has 0 bridgehead atoms. The number of benzene rings is 1. The Labute approximate surface area is 108 Å². The molecule has 1 aliphatic carbocycles. The Morgan fingerprint density at radius 1 is 1.28 bits per heavy atom. The van der Waals surface area contributed by atoms with E-state index in [0.717, 1.165) is 18.6 Å². The van der Waals surface area contributed by atoms with Gasteiger partial charge >= 0.3 is 0 Å². The molecule has 1 unspecified atom stereocenters. The average Bonchev–Trinajstić information content (AvgIpc) is 3.22. The van der Waals surface area contributed by atoms with Crippen LogP contribution >= 0.6 is 0 Å². The van der Waals surface area contributed by atoms with Crippen LogP contribution in [-0.4, -0.2) is 30.5 Å². The van der Waals surface area contributed by atoms with Crippen molar-refractivity contribution in [3.05, 3.63) is 24.3 Å². The minimum Gasteiger partial charge on any atom is -0.490 e. The van der Waals surface area contributed by atoms with Crippen molar-refractivity contribution in [3.8, 4) is 11.5 Å². The standard InChI is InChI=1S/C14H21NO3/c1-2-17-12-5-3-4-6-13(12)18-10-14(15,9-16)11-7-8-11/h3-6,11,16H,2,7-10,15H2,1H3. The zero-order valence-corrected chi connectivity index (χ0v) is 10.8. The smallest absolute Gasteiger partial charge is 0.161 e. The van der Waals surface area contributed by atoms with Gasteiger partial charge in [-0.05, 0) is 37.8 Å². The molecule has 1 saturated carbocycles. The molecule has 2 rings (SSSR count). The van der Waals surface area contributed by atoms with Gasteiger partial charge < -0.3 is 20.3 Å². The number of ether oxygens (including phenoxy) is 2. The van der Waals surface area contributed by atoms with Crippen molar-refractivity contribution in [1.82, 2.24) is 0 Å². The quantitative estimate of drug-likeness (QED) is 0.772. The molecule has 100 valence electrons. The van der Waals surface area contributed by atoms with Crippen molar-refractivity contribution >= 4 is 0 Å². The fraction of sp³-hybridized carbons (Fsp3) is 0.571. The van der Waals surface area contributed by atoms with Crippen LogP contribution in [0, 0.1) is 5.92 Å². The summed E-state index contributed by atoms with van der Waals surface area (Å²) in [6.07, 6.45) is 2.15. The summed E-state index contributed by atoms with van der Waals surface area (Å²) in [4.78, 5) is 0. The first-order valence-corrected chi connectivity index (χ1v) is 6.44.